The van der Waals surface area contributed by atoms with E-state index < -0.39 is 0 Å². The van der Waals surface area contributed by atoms with Crippen molar-refractivity contribution in [3.63, 3.8) is 0 Å². The van der Waals surface area contributed by atoms with E-state index in [1.165, 1.54) is 11.8 Å². The highest BCUT2D eigenvalue weighted by atomic mass is 32.2. The third kappa shape index (κ3) is 3.29. The van der Waals surface area contributed by atoms with Crippen LogP contribution in [0.3, 0.4) is 0 Å². The minimum atomic E-state index is 0.519. The summed E-state index contributed by atoms with van der Waals surface area (Å²) in [6.07, 6.45) is 3.50. The van der Waals surface area contributed by atoms with E-state index in [0.29, 0.717) is 17.5 Å². The Labute approximate surface area is 148 Å². The third-order valence-corrected chi connectivity index (χ3v) is 4.57. The van der Waals surface area contributed by atoms with E-state index in [9.17, 15) is 0 Å². The van der Waals surface area contributed by atoms with Gasteiger partial charge in [0.1, 0.15) is 0 Å². The molecule has 25 heavy (non-hydrogen) atoms. The Morgan fingerprint density at radius 1 is 0.960 bits per heavy atom. The number of hydrogen-bond donors (Lipinski definition) is 0. The van der Waals surface area contributed by atoms with Crippen molar-refractivity contribution in [2.24, 2.45) is 7.05 Å². The minimum Gasteiger partial charge on any atom is -0.420 e. The van der Waals surface area contributed by atoms with E-state index in [1.807, 2.05) is 54.1 Å². The Morgan fingerprint density at radius 3 is 2.60 bits per heavy atom. The Morgan fingerprint density at radius 2 is 1.80 bits per heavy atom. The molecule has 0 amide bonds. The van der Waals surface area contributed by atoms with Crippen molar-refractivity contribution in [2.45, 2.75) is 10.9 Å². The molecule has 1 aromatic carbocycles. The normalized spacial score (nSPS) is 10.9. The third-order valence-electron chi connectivity index (χ3n) is 3.57. The second-order valence-electron chi connectivity index (χ2n) is 5.26. The lowest BCUT2D eigenvalue weighted by Gasteiger charge is -2.02. The van der Waals surface area contributed by atoms with E-state index >= 15 is 0 Å². The molecule has 0 N–H and O–H groups in total. The molecule has 8 heteroatoms. The summed E-state index contributed by atoms with van der Waals surface area (Å²) < 4.78 is 7.64. The van der Waals surface area contributed by atoms with Crippen molar-refractivity contribution < 1.29 is 4.42 Å². The molecule has 3 heterocycles. The minimum absolute atomic E-state index is 0.519. The molecular weight excluding hydrogens is 336 g/mol. The van der Waals surface area contributed by atoms with E-state index in [0.717, 1.165) is 22.1 Å². The van der Waals surface area contributed by atoms with Gasteiger partial charge in [0.25, 0.3) is 0 Å². The first-order valence-electron chi connectivity index (χ1n) is 7.61. The summed E-state index contributed by atoms with van der Waals surface area (Å²) in [5, 5.41) is 17.4. The fraction of sp³-hybridized carbons (Fsp3) is 0.118. The zero-order chi connectivity index (χ0) is 17.1. The van der Waals surface area contributed by atoms with Gasteiger partial charge in [0.15, 0.2) is 11.0 Å². The SMILES string of the molecule is Cn1c(SCc2nnc(-c3ccccc3)o2)nnc1-c1cccnc1. The summed E-state index contributed by atoms with van der Waals surface area (Å²) in [5.74, 6) is 2.37. The maximum Gasteiger partial charge on any atom is 0.247 e. The number of benzene rings is 1. The molecule has 0 radical (unpaired) electrons. The molecular formula is C17H14N6OS. The number of pyridine rings is 1. The number of rotatable bonds is 5. The molecule has 124 valence electrons. The fourth-order valence-corrected chi connectivity index (χ4v) is 3.07. The zero-order valence-electron chi connectivity index (χ0n) is 13.4. The van der Waals surface area contributed by atoms with Gasteiger partial charge in [0, 0.05) is 30.6 Å². The summed E-state index contributed by atoms with van der Waals surface area (Å²) in [6, 6.07) is 13.5. The summed E-state index contributed by atoms with van der Waals surface area (Å²) in [7, 11) is 1.92. The molecule has 4 aromatic rings. The standard InChI is InChI=1S/C17H14N6OS/c1-23-15(13-8-5-9-18-10-13)20-22-17(23)25-11-14-19-21-16(24-14)12-6-3-2-4-7-12/h2-10H,11H2,1H3. The molecule has 0 aliphatic rings. The van der Waals surface area contributed by atoms with Gasteiger partial charge in [-0.15, -0.1) is 20.4 Å². The van der Waals surface area contributed by atoms with E-state index in [4.69, 9.17) is 4.42 Å². The zero-order valence-corrected chi connectivity index (χ0v) is 14.2. The van der Waals surface area contributed by atoms with Crippen LogP contribution >= 0.6 is 11.8 Å². The Balaban J connectivity index is 1.48. The van der Waals surface area contributed by atoms with Crippen LogP contribution in [0.5, 0.6) is 0 Å². The maximum absolute atomic E-state index is 5.71. The molecule has 0 aliphatic carbocycles. The number of nitrogens with zero attached hydrogens (tertiary/aromatic N) is 6. The lowest BCUT2D eigenvalue weighted by atomic mass is 10.2. The molecule has 3 aromatic heterocycles. The van der Waals surface area contributed by atoms with Crippen LogP contribution in [0.1, 0.15) is 5.89 Å². The van der Waals surface area contributed by atoms with Gasteiger partial charge in [0.2, 0.25) is 11.8 Å². The molecule has 0 atom stereocenters. The van der Waals surface area contributed by atoms with Crippen LogP contribution in [-0.4, -0.2) is 29.9 Å². The highest BCUT2D eigenvalue weighted by Crippen LogP contribution is 2.25. The van der Waals surface area contributed by atoms with Crippen molar-refractivity contribution in [2.75, 3.05) is 0 Å². The van der Waals surface area contributed by atoms with Gasteiger partial charge in [-0.1, -0.05) is 30.0 Å². The van der Waals surface area contributed by atoms with E-state index in [2.05, 4.69) is 25.4 Å². The van der Waals surface area contributed by atoms with Gasteiger partial charge in [0.05, 0.1) is 5.75 Å². The molecule has 0 spiro atoms. The smallest absolute Gasteiger partial charge is 0.247 e. The molecule has 4 rings (SSSR count). The van der Waals surface area contributed by atoms with E-state index in [-0.39, 0.29) is 0 Å². The largest absolute Gasteiger partial charge is 0.420 e. The quantitative estimate of drug-likeness (QED) is 0.511. The van der Waals surface area contributed by atoms with Crippen molar-refractivity contribution >= 4 is 11.8 Å². The predicted octanol–water partition coefficient (Wildman–Crippen LogP) is 3.22. The van der Waals surface area contributed by atoms with E-state index in [1.54, 1.807) is 12.4 Å². The number of thioether (sulfide) groups is 1. The summed E-state index contributed by atoms with van der Waals surface area (Å²) >= 11 is 1.50. The Bertz CT molecular complexity index is 967. The second-order valence-corrected chi connectivity index (χ2v) is 6.21. The van der Waals surface area contributed by atoms with Gasteiger partial charge in [-0.05, 0) is 24.3 Å². The molecule has 0 bridgehead atoms. The molecule has 0 aliphatic heterocycles. The maximum atomic E-state index is 5.71. The Kier molecular flexibility index (Phi) is 4.26. The fourth-order valence-electron chi connectivity index (χ4n) is 2.32. The van der Waals surface area contributed by atoms with Gasteiger partial charge >= 0.3 is 0 Å². The van der Waals surface area contributed by atoms with Crippen LogP contribution in [0.4, 0.5) is 0 Å². The average molecular weight is 350 g/mol. The summed E-state index contributed by atoms with van der Waals surface area (Å²) in [5.41, 5.74) is 1.83. The lowest BCUT2D eigenvalue weighted by molar-refractivity contribution is 0.528. The molecule has 0 saturated heterocycles. The van der Waals surface area contributed by atoms with Crippen LogP contribution < -0.4 is 0 Å². The first kappa shape index (κ1) is 15.5. The molecule has 7 nitrogen and oxygen atoms in total. The topological polar surface area (TPSA) is 82.5 Å². The Hall–Kier alpha value is -3.00. The second kappa shape index (κ2) is 6.86. The summed E-state index contributed by atoms with van der Waals surface area (Å²) in [4.78, 5) is 4.12. The van der Waals surface area contributed by atoms with Crippen molar-refractivity contribution in [3.8, 4) is 22.8 Å². The number of aromatic nitrogens is 6. The van der Waals surface area contributed by atoms with Crippen LogP contribution in [0.25, 0.3) is 22.8 Å². The predicted molar refractivity (Wildman–Crippen MR) is 93.5 cm³/mol. The van der Waals surface area contributed by atoms with Crippen molar-refractivity contribution in [1.82, 2.24) is 29.9 Å². The highest BCUT2D eigenvalue weighted by Gasteiger charge is 2.14. The summed E-state index contributed by atoms with van der Waals surface area (Å²) in [6.45, 7) is 0. The highest BCUT2D eigenvalue weighted by molar-refractivity contribution is 7.98. The number of hydrogen-bond acceptors (Lipinski definition) is 7. The monoisotopic (exact) mass is 350 g/mol. The van der Waals surface area contributed by atoms with Crippen molar-refractivity contribution in [3.05, 3.63) is 60.7 Å². The molecule has 0 fully saturated rings. The first-order valence-corrected chi connectivity index (χ1v) is 8.60. The van der Waals surface area contributed by atoms with Gasteiger partial charge in [-0.25, -0.2) is 0 Å². The van der Waals surface area contributed by atoms with Crippen LogP contribution in [-0.2, 0) is 12.8 Å². The van der Waals surface area contributed by atoms with Crippen LogP contribution in [0.15, 0.2) is 64.4 Å². The lowest BCUT2D eigenvalue weighted by Crippen LogP contribution is -1.95. The molecule has 0 unspecified atom stereocenters. The van der Waals surface area contributed by atoms with Gasteiger partial charge in [-0.3, -0.25) is 4.98 Å². The van der Waals surface area contributed by atoms with Crippen molar-refractivity contribution in [1.29, 1.82) is 0 Å². The molecule has 0 saturated carbocycles. The van der Waals surface area contributed by atoms with Gasteiger partial charge < -0.3 is 8.98 Å². The van der Waals surface area contributed by atoms with Crippen LogP contribution in [0.2, 0.25) is 0 Å². The average Bonchev–Trinajstić information content (AvgIpc) is 3.28. The first-order chi connectivity index (χ1) is 12.3. The van der Waals surface area contributed by atoms with Gasteiger partial charge in [-0.2, -0.15) is 0 Å². The van der Waals surface area contributed by atoms with Crippen LogP contribution in [0, 0.1) is 0 Å².